The van der Waals surface area contributed by atoms with Crippen LogP contribution in [0.3, 0.4) is 0 Å². The van der Waals surface area contributed by atoms with Crippen molar-refractivity contribution in [2.75, 3.05) is 37.8 Å². The number of aromatic nitrogens is 1. The third kappa shape index (κ3) is 4.17. The summed E-state index contributed by atoms with van der Waals surface area (Å²) in [4.78, 5) is 18.3. The van der Waals surface area contributed by atoms with Crippen molar-refractivity contribution < 1.29 is 13.2 Å². The zero-order chi connectivity index (χ0) is 16.3. The van der Waals surface area contributed by atoms with Crippen LogP contribution in [0.25, 0.3) is 0 Å². The van der Waals surface area contributed by atoms with Crippen molar-refractivity contribution in [2.45, 2.75) is 20.3 Å². The van der Waals surface area contributed by atoms with Gasteiger partial charge in [-0.3, -0.25) is 4.98 Å². The van der Waals surface area contributed by atoms with Crippen molar-refractivity contribution in [1.82, 2.24) is 14.2 Å². The number of aryl methyl sites for hydroxylation is 2. The molecule has 0 unspecified atom stereocenters. The van der Waals surface area contributed by atoms with Gasteiger partial charge in [0.15, 0.2) is 0 Å². The van der Waals surface area contributed by atoms with Crippen LogP contribution in [0.2, 0.25) is 0 Å². The highest BCUT2D eigenvalue weighted by Gasteiger charge is 2.24. The lowest BCUT2D eigenvalue weighted by Crippen LogP contribution is -2.39. The van der Waals surface area contributed by atoms with Gasteiger partial charge >= 0.3 is 6.03 Å². The molecule has 22 heavy (non-hydrogen) atoms. The maximum absolute atomic E-state index is 12.3. The predicted octanol–water partition coefficient (Wildman–Crippen LogP) is 1.20. The first-order valence-corrected chi connectivity index (χ1v) is 9.07. The van der Waals surface area contributed by atoms with E-state index in [1.54, 1.807) is 4.90 Å². The van der Waals surface area contributed by atoms with Crippen molar-refractivity contribution in [3.63, 3.8) is 0 Å². The minimum Gasteiger partial charge on any atom is -0.323 e. The number of carbonyl (C=O) groups excluding carboxylic acids is 1. The van der Waals surface area contributed by atoms with Crippen LogP contribution in [-0.4, -0.2) is 61.1 Å². The number of nitrogens with one attached hydrogen (secondary N) is 1. The molecular weight excluding hydrogens is 304 g/mol. The molecule has 2 amide bonds. The van der Waals surface area contributed by atoms with Crippen molar-refractivity contribution in [1.29, 1.82) is 0 Å². The van der Waals surface area contributed by atoms with Gasteiger partial charge in [-0.1, -0.05) is 0 Å². The van der Waals surface area contributed by atoms with Gasteiger partial charge in [-0.2, -0.15) is 0 Å². The summed E-state index contributed by atoms with van der Waals surface area (Å²) in [5.41, 5.74) is 2.34. The summed E-state index contributed by atoms with van der Waals surface area (Å²) in [6, 6.07) is 3.45. The number of anilines is 1. The number of sulfonamides is 1. The molecule has 1 aliphatic heterocycles. The van der Waals surface area contributed by atoms with Gasteiger partial charge in [0.1, 0.15) is 0 Å². The Labute approximate surface area is 131 Å². The lowest BCUT2D eigenvalue weighted by Gasteiger charge is -2.22. The van der Waals surface area contributed by atoms with E-state index in [1.807, 2.05) is 26.0 Å². The second-order valence-corrected chi connectivity index (χ2v) is 7.50. The number of urea groups is 1. The normalized spacial score (nSPS) is 17.1. The number of amides is 2. The van der Waals surface area contributed by atoms with Crippen LogP contribution in [0, 0.1) is 13.8 Å². The van der Waals surface area contributed by atoms with E-state index in [9.17, 15) is 13.2 Å². The molecule has 0 aromatic carbocycles. The number of rotatable bonds is 2. The maximum Gasteiger partial charge on any atom is 0.321 e. The monoisotopic (exact) mass is 326 g/mol. The first-order chi connectivity index (χ1) is 10.3. The Kier molecular flexibility index (Phi) is 5.02. The van der Waals surface area contributed by atoms with Gasteiger partial charge in [-0.25, -0.2) is 17.5 Å². The highest BCUT2D eigenvalue weighted by molar-refractivity contribution is 7.88. The highest BCUT2D eigenvalue weighted by Crippen LogP contribution is 2.14. The molecule has 122 valence electrons. The first-order valence-electron chi connectivity index (χ1n) is 7.22. The molecule has 1 N–H and O–H groups in total. The van der Waals surface area contributed by atoms with Crippen LogP contribution in [0.1, 0.15) is 17.8 Å². The van der Waals surface area contributed by atoms with Crippen molar-refractivity contribution in [2.24, 2.45) is 0 Å². The van der Waals surface area contributed by atoms with Crippen LogP contribution < -0.4 is 5.32 Å². The molecule has 1 aliphatic rings. The smallest absolute Gasteiger partial charge is 0.321 e. The molecule has 7 nitrogen and oxygen atoms in total. The average molecular weight is 326 g/mol. The first kappa shape index (κ1) is 16.7. The lowest BCUT2D eigenvalue weighted by molar-refractivity contribution is 0.214. The Morgan fingerprint density at radius 1 is 1.18 bits per heavy atom. The van der Waals surface area contributed by atoms with E-state index in [0.717, 1.165) is 11.4 Å². The molecule has 1 fully saturated rings. The van der Waals surface area contributed by atoms with E-state index >= 15 is 0 Å². The molecule has 2 rings (SSSR count). The summed E-state index contributed by atoms with van der Waals surface area (Å²) in [6.07, 6.45) is 1.83. The van der Waals surface area contributed by atoms with Gasteiger partial charge in [0.05, 0.1) is 17.6 Å². The van der Waals surface area contributed by atoms with Crippen LogP contribution >= 0.6 is 0 Å². The standard InChI is InChI=1S/C14H22N4O3S/c1-11-5-6-13(12(2)15-11)16-14(19)17-7-4-8-18(10-9-17)22(3,20)21/h5-6H,4,7-10H2,1-3H3,(H,16,19). The Morgan fingerprint density at radius 2 is 1.91 bits per heavy atom. The molecule has 0 spiro atoms. The summed E-state index contributed by atoms with van der Waals surface area (Å²) in [7, 11) is -3.20. The van der Waals surface area contributed by atoms with Crippen molar-refractivity contribution in [3.05, 3.63) is 23.5 Å². The van der Waals surface area contributed by atoms with E-state index in [0.29, 0.717) is 38.3 Å². The summed E-state index contributed by atoms with van der Waals surface area (Å²) >= 11 is 0. The fourth-order valence-corrected chi connectivity index (χ4v) is 3.32. The van der Waals surface area contributed by atoms with Crippen LogP contribution in [0.15, 0.2) is 12.1 Å². The summed E-state index contributed by atoms with van der Waals surface area (Å²) < 4.78 is 24.6. The molecule has 1 saturated heterocycles. The number of hydrogen-bond acceptors (Lipinski definition) is 4. The van der Waals surface area contributed by atoms with Crippen LogP contribution in [0.5, 0.6) is 0 Å². The zero-order valence-electron chi connectivity index (χ0n) is 13.2. The molecule has 0 aliphatic carbocycles. The molecule has 0 bridgehead atoms. The minimum absolute atomic E-state index is 0.218. The van der Waals surface area contributed by atoms with Gasteiger partial charge in [0.2, 0.25) is 10.0 Å². The molecule has 8 heteroatoms. The maximum atomic E-state index is 12.3. The zero-order valence-corrected chi connectivity index (χ0v) is 14.0. The van der Waals surface area contributed by atoms with E-state index in [1.165, 1.54) is 10.6 Å². The Balaban J connectivity index is 2.01. The lowest BCUT2D eigenvalue weighted by atomic mass is 10.3. The molecule has 0 radical (unpaired) electrons. The Morgan fingerprint density at radius 3 is 2.55 bits per heavy atom. The van der Waals surface area contributed by atoms with Gasteiger partial charge in [0.25, 0.3) is 0 Å². The quantitative estimate of drug-likeness (QED) is 0.885. The second kappa shape index (κ2) is 6.62. The fourth-order valence-electron chi connectivity index (χ4n) is 2.44. The molecule has 2 heterocycles. The van der Waals surface area contributed by atoms with E-state index in [2.05, 4.69) is 10.3 Å². The van der Waals surface area contributed by atoms with Crippen LogP contribution in [-0.2, 0) is 10.0 Å². The Hall–Kier alpha value is -1.67. The number of pyridine rings is 1. The second-order valence-electron chi connectivity index (χ2n) is 5.52. The Bertz CT molecular complexity index is 660. The van der Waals surface area contributed by atoms with Gasteiger partial charge < -0.3 is 10.2 Å². The third-order valence-corrected chi connectivity index (χ3v) is 4.98. The molecule has 0 saturated carbocycles. The molecule has 1 aromatic heterocycles. The number of carbonyl (C=O) groups is 1. The molecule has 0 atom stereocenters. The number of nitrogens with zero attached hydrogens (tertiary/aromatic N) is 3. The average Bonchev–Trinajstić information content (AvgIpc) is 2.67. The predicted molar refractivity (Wildman–Crippen MR) is 85.3 cm³/mol. The summed E-state index contributed by atoms with van der Waals surface area (Å²) in [5.74, 6) is 0. The minimum atomic E-state index is -3.20. The fraction of sp³-hybridized carbons (Fsp3) is 0.571. The number of hydrogen-bond donors (Lipinski definition) is 1. The van der Waals surface area contributed by atoms with Gasteiger partial charge in [0, 0.05) is 31.9 Å². The largest absolute Gasteiger partial charge is 0.323 e. The van der Waals surface area contributed by atoms with Crippen LogP contribution in [0.4, 0.5) is 10.5 Å². The summed E-state index contributed by atoms with van der Waals surface area (Å²) in [5, 5.41) is 2.85. The van der Waals surface area contributed by atoms with E-state index in [-0.39, 0.29) is 6.03 Å². The van der Waals surface area contributed by atoms with Crippen molar-refractivity contribution in [3.8, 4) is 0 Å². The highest BCUT2D eigenvalue weighted by atomic mass is 32.2. The SMILES string of the molecule is Cc1ccc(NC(=O)N2CCCN(S(C)(=O)=O)CC2)c(C)n1. The van der Waals surface area contributed by atoms with E-state index in [4.69, 9.17) is 0 Å². The molecule has 1 aromatic rings. The van der Waals surface area contributed by atoms with E-state index < -0.39 is 10.0 Å². The summed E-state index contributed by atoms with van der Waals surface area (Å²) in [6.45, 7) is 5.45. The molecular formula is C14H22N4O3S. The topological polar surface area (TPSA) is 82.6 Å². The van der Waals surface area contributed by atoms with Gasteiger partial charge in [-0.05, 0) is 32.4 Å². The van der Waals surface area contributed by atoms with Crippen molar-refractivity contribution >= 4 is 21.7 Å². The van der Waals surface area contributed by atoms with Gasteiger partial charge in [-0.15, -0.1) is 0 Å². The third-order valence-electron chi connectivity index (χ3n) is 3.68.